The zero-order chi connectivity index (χ0) is 18.9. The number of ether oxygens (including phenoxy) is 2. The lowest BCUT2D eigenvalue weighted by atomic mass is 10.1. The quantitative estimate of drug-likeness (QED) is 0.694. The predicted molar refractivity (Wildman–Crippen MR) is 111 cm³/mol. The number of benzene rings is 2. The minimum absolute atomic E-state index is 0.250. The van der Waals surface area contributed by atoms with E-state index in [-0.39, 0.29) is 6.79 Å². The summed E-state index contributed by atoms with van der Waals surface area (Å²) < 4.78 is 11.1. The van der Waals surface area contributed by atoms with E-state index in [1.807, 2.05) is 36.4 Å². The number of piperidine rings is 1. The zero-order valence-electron chi connectivity index (χ0n) is 15.4. The van der Waals surface area contributed by atoms with E-state index in [1.165, 1.54) is 19.3 Å². The van der Waals surface area contributed by atoms with Crippen molar-refractivity contribution < 1.29 is 9.47 Å². The molecule has 6 nitrogen and oxygen atoms in total. The van der Waals surface area contributed by atoms with Crippen LogP contribution in [0, 0.1) is 0 Å². The number of nitrogens with one attached hydrogen (secondary N) is 1. The van der Waals surface area contributed by atoms with Gasteiger partial charge in [0.05, 0.1) is 5.52 Å². The Morgan fingerprint density at radius 2 is 1.71 bits per heavy atom. The fourth-order valence-electron chi connectivity index (χ4n) is 3.71. The van der Waals surface area contributed by atoms with Crippen LogP contribution in [-0.2, 0) is 6.54 Å². The molecule has 3 heterocycles. The highest BCUT2D eigenvalue weighted by Crippen LogP contribution is 2.39. The van der Waals surface area contributed by atoms with Gasteiger partial charge >= 0.3 is 0 Å². The smallest absolute Gasteiger partial charge is 0.231 e. The maximum atomic E-state index is 5.97. The van der Waals surface area contributed by atoms with Gasteiger partial charge in [-0.05, 0) is 43.0 Å². The predicted octanol–water partition coefficient (Wildman–Crippen LogP) is 4.61. The fourth-order valence-corrected chi connectivity index (χ4v) is 3.84. The van der Waals surface area contributed by atoms with Gasteiger partial charge in [-0.25, -0.2) is 4.98 Å². The normalized spacial score (nSPS) is 15.8. The molecule has 2 aliphatic rings. The van der Waals surface area contributed by atoms with E-state index < -0.39 is 0 Å². The molecule has 1 N–H and O–H groups in total. The molecule has 1 saturated heterocycles. The van der Waals surface area contributed by atoms with Crippen LogP contribution in [-0.4, -0.2) is 29.9 Å². The number of fused-ring (bicyclic) bond motifs is 2. The highest BCUT2D eigenvalue weighted by Gasteiger charge is 2.21. The highest BCUT2D eigenvalue weighted by molar-refractivity contribution is 6.30. The van der Waals surface area contributed by atoms with Crippen LogP contribution in [0.15, 0.2) is 36.4 Å². The van der Waals surface area contributed by atoms with Crippen LogP contribution in [0.5, 0.6) is 11.5 Å². The molecule has 2 aliphatic heterocycles. The van der Waals surface area contributed by atoms with E-state index in [4.69, 9.17) is 31.0 Å². The second-order valence-corrected chi connectivity index (χ2v) is 7.56. The third-order valence-corrected chi connectivity index (χ3v) is 5.44. The summed E-state index contributed by atoms with van der Waals surface area (Å²) in [6.07, 6.45) is 3.64. The Morgan fingerprint density at radius 1 is 0.964 bits per heavy atom. The summed E-state index contributed by atoms with van der Waals surface area (Å²) in [5, 5.41) is 5.09. The summed E-state index contributed by atoms with van der Waals surface area (Å²) in [5.41, 5.74) is 1.98. The van der Waals surface area contributed by atoms with Crippen molar-refractivity contribution in [2.45, 2.75) is 25.8 Å². The van der Waals surface area contributed by atoms with E-state index in [9.17, 15) is 0 Å². The molecule has 0 saturated carbocycles. The summed E-state index contributed by atoms with van der Waals surface area (Å²) in [6.45, 7) is 2.90. The first kappa shape index (κ1) is 17.4. The molecule has 0 aliphatic carbocycles. The number of aromatic nitrogens is 2. The Hall–Kier alpha value is -2.73. The van der Waals surface area contributed by atoms with E-state index in [0.29, 0.717) is 12.5 Å². The van der Waals surface area contributed by atoms with E-state index >= 15 is 0 Å². The van der Waals surface area contributed by atoms with Gasteiger partial charge < -0.3 is 19.7 Å². The maximum absolute atomic E-state index is 5.97. The molecule has 1 aromatic heterocycles. The first-order valence-corrected chi connectivity index (χ1v) is 9.99. The van der Waals surface area contributed by atoms with Crippen LogP contribution in [0.3, 0.4) is 0 Å². The summed E-state index contributed by atoms with van der Waals surface area (Å²) in [7, 11) is 0. The Labute approximate surface area is 168 Å². The topological polar surface area (TPSA) is 59.5 Å². The lowest BCUT2D eigenvalue weighted by Gasteiger charge is -2.29. The van der Waals surface area contributed by atoms with Crippen molar-refractivity contribution in [3.05, 3.63) is 47.0 Å². The zero-order valence-corrected chi connectivity index (χ0v) is 16.2. The summed E-state index contributed by atoms with van der Waals surface area (Å²) in [6, 6.07) is 11.7. The number of nitrogens with zero attached hydrogens (tertiary/aromatic N) is 3. The monoisotopic (exact) mass is 396 g/mol. The molecule has 0 amide bonds. The van der Waals surface area contributed by atoms with Gasteiger partial charge in [0, 0.05) is 36.1 Å². The molecule has 2 aromatic carbocycles. The molecule has 0 atom stereocenters. The molecule has 28 heavy (non-hydrogen) atoms. The minimum atomic E-state index is 0.250. The van der Waals surface area contributed by atoms with Crippen molar-refractivity contribution in [1.82, 2.24) is 9.97 Å². The molecule has 1 fully saturated rings. The van der Waals surface area contributed by atoms with Gasteiger partial charge in [0.1, 0.15) is 5.82 Å². The van der Waals surface area contributed by atoms with E-state index in [0.717, 1.165) is 51.9 Å². The van der Waals surface area contributed by atoms with Gasteiger partial charge in [-0.1, -0.05) is 23.7 Å². The summed E-state index contributed by atoms with van der Waals surface area (Å²) in [5.74, 6) is 3.07. The number of hydrogen-bond donors (Lipinski definition) is 1. The summed E-state index contributed by atoms with van der Waals surface area (Å²) in [4.78, 5) is 11.9. The number of rotatable bonds is 4. The maximum Gasteiger partial charge on any atom is 0.231 e. The largest absolute Gasteiger partial charge is 0.454 e. The molecule has 3 aromatic rings. The van der Waals surface area contributed by atoms with Gasteiger partial charge in [-0.15, -0.1) is 0 Å². The molecule has 7 heteroatoms. The van der Waals surface area contributed by atoms with Gasteiger partial charge in [-0.2, -0.15) is 4.98 Å². The van der Waals surface area contributed by atoms with Crippen molar-refractivity contribution in [3.63, 3.8) is 0 Å². The Kier molecular flexibility index (Phi) is 4.56. The van der Waals surface area contributed by atoms with Crippen molar-refractivity contribution in [2.24, 2.45) is 0 Å². The SMILES string of the molecule is Clc1ccc(CNc2nc(N3CCCCC3)c3cc4c(cc3n2)OCO4)cc1. The van der Waals surface area contributed by atoms with Gasteiger partial charge in [0.15, 0.2) is 11.5 Å². The van der Waals surface area contributed by atoms with Gasteiger partial charge in [0.2, 0.25) is 12.7 Å². The minimum Gasteiger partial charge on any atom is -0.454 e. The first-order valence-electron chi connectivity index (χ1n) is 9.61. The second-order valence-electron chi connectivity index (χ2n) is 7.12. The standard InChI is InChI=1S/C21H21ClN4O2/c22-15-6-4-14(5-7-15)12-23-21-24-17-11-19-18(27-13-28-19)10-16(17)20(25-21)26-8-2-1-3-9-26/h4-7,10-11H,1-3,8-9,12-13H2,(H,23,24,25). The Bertz CT molecular complexity index is 1000. The fraction of sp³-hybridized carbons (Fsp3) is 0.333. The third kappa shape index (κ3) is 3.40. The van der Waals surface area contributed by atoms with Crippen LogP contribution in [0.4, 0.5) is 11.8 Å². The van der Waals surface area contributed by atoms with Crippen LogP contribution in [0.2, 0.25) is 5.02 Å². The molecule has 0 bridgehead atoms. The van der Waals surface area contributed by atoms with Crippen LogP contribution < -0.4 is 19.7 Å². The summed E-state index contributed by atoms with van der Waals surface area (Å²) >= 11 is 5.97. The Morgan fingerprint density at radius 3 is 2.50 bits per heavy atom. The second kappa shape index (κ2) is 7.36. The highest BCUT2D eigenvalue weighted by atomic mass is 35.5. The van der Waals surface area contributed by atoms with E-state index in [2.05, 4.69) is 10.2 Å². The van der Waals surface area contributed by atoms with Crippen molar-refractivity contribution in [2.75, 3.05) is 30.1 Å². The average Bonchev–Trinajstić information content (AvgIpc) is 3.19. The number of hydrogen-bond acceptors (Lipinski definition) is 6. The molecule has 0 spiro atoms. The van der Waals surface area contributed by atoms with Crippen molar-refractivity contribution in [1.29, 1.82) is 0 Å². The van der Waals surface area contributed by atoms with Crippen LogP contribution >= 0.6 is 11.6 Å². The van der Waals surface area contributed by atoms with Crippen molar-refractivity contribution in [3.8, 4) is 11.5 Å². The Balaban J connectivity index is 1.51. The number of halogens is 1. The van der Waals surface area contributed by atoms with Crippen molar-refractivity contribution >= 4 is 34.3 Å². The average molecular weight is 397 g/mol. The van der Waals surface area contributed by atoms with E-state index in [1.54, 1.807) is 0 Å². The number of anilines is 2. The van der Waals surface area contributed by atoms with Crippen LogP contribution in [0.25, 0.3) is 10.9 Å². The molecule has 144 valence electrons. The molecular formula is C21H21ClN4O2. The molecular weight excluding hydrogens is 376 g/mol. The first-order chi connectivity index (χ1) is 13.8. The molecule has 0 radical (unpaired) electrons. The third-order valence-electron chi connectivity index (χ3n) is 5.19. The molecule has 0 unspecified atom stereocenters. The lowest BCUT2D eigenvalue weighted by molar-refractivity contribution is 0.174. The lowest BCUT2D eigenvalue weighted by Crippen LogP contribution is -2.30. The van der Waals surface area contributed by atoms with Gasteiger partial charge in [-0.3, -0.25) is 0 Å². The van der Waals surface area contributed by atoms with Gasteiger partial charge in [0.25, 0.3) is 0 Å². The molecule has 5 rings (SSSR count). The van der Waals surface area contributed by atoms with Crippen LogP contribution in [0.1, 0.15) is 24.8 Å².